The van der Waals surface area contributed by atoms with Gasteiger partial charge in [-0.2, -0.15) is 5.26 Å². The van der Waals surface area contributed by atoms with Gasteiger partial charge in [0.1, 0.15) is 23.9 Å². The molecule has 176 valence electrons. The van der Waals surface area contributed by atoms with Crippen molar-refractivity contribution < 1.29 is 14.3 Å². The molecule has 3 aliphatic rings. The molecule has 1 aromatic heterocycles. The number of nitrogens with two attached hydrogens (primary N) is 1. The molecule has 3 heterocycles. The number of fused-ring (bicyclic) bond motifs is 1. The highest BCUT2D eigenvalue weighted by atomic mass is 16.5. The topological polar surface area (TPSA) is 101 Å². The third-order valence-corrected chi connectivity index (χ3v) is 7.22. The van der Waals surface area contributed by atoms with Gasteiger partial charge in [-0.15, -0.1) is 0 Å². The molecule has 0 radical (unpaired) electrons. The first-order chi connectivity index (χ1) is 16.3. The summed E-state index contributed by atoms with van der Waals surface area (Å²) in [5.41, 5.74) is 8.45. The molecule has 2 N–H and O–H groups in total. The highest BCUT2D eigenvalue weighted by Gasteiger charge is 2.43. The SMILES string of the molecule is CC1(C)CC(=O)C2=C(C1)OC(N)=C(C#N)C2c1cn(CC(=O)N2CCCCC2)c2ccccc12. The maximum atomic E-state index is 13.3. The zero-order valence-corrected chi connectivity index (χ0v) is 19.8. The van der Waals surface area contributed by atoms with Crippen LogP contribution in [0.25, 0.3) is 10.9 Å². The second kappa shape index (κ2) is 8.35. The second-order valence-electron chi connectivity index (χ2n) is 10.4. The maximum absolute atomic E-state index is 13.3. The minimum Gasteiger partial charge on any atom is -0.444 e. The summed E-state index contributed by atoms with van der Waals surface area (Å²) in [6.45, 7) is 5.87. The second-order valence-corrected chi connectivity index (χ2v) is 10.4. The van der Waals surface area contributed by atoms with Crippen molar-refractivity contribution in [3.63, 3.8) is 0 Å². The van der Waals surface area contributed by atoms with Crippen LogP contribution >= 0.6 is 0 Å². The van der Waals surface area contributed by atoms with E-state index in [4.69, 9.17) is 10.5 Å². The molecule has 2 aliphatic heterocycles. The number of ketones is 1. The van der Waals surface area contributed by atoms with Crippen LogP contribution < -0.4 is 5.73 Å². The number of nitriles is 1. The molecule has 0 spiro atoms. The average molecular weight is 459 g/mol. The number of hydrogen-bond donors (Lipinski definition) is 1. The number of aromatic nitrogens is 1. The largest absolute Gasteiger partial charge is 0.444 e. The first kappa shape index (κ1) is 22.3. The van der Waals surface area contributed by atoms with Gasteiger partial charge in [0.15, 0.2) is 5.78 Å². The Morgan fingerprint density at radius 1 is 1.21 bits per heavy atom. The van der Waals surface area contributed by atoms with Crippen molar-refractivity contribution in [2.24, 2.45) is 11.1 Å². The van der Waals surface area contributed by atoms with Crippen LogP contribution in [0.5, 0.6) is 0 Å². The zero-order valence-electron chi connectivity index (χ0n) is 19.8. The number of carbonyl (C=O) groups is 2. The van der Waals surface area contributed by atoms with Gasteiger partial charge in [0.25, 0.3) is 0 Å². The Hall–Kier alpha value is -3.53. The number of benzene rings is 1. The summed E-state index contributed by atoms with van der Waals surface area (Å²) in [5.74, 6) is 0.0817. The standard InChI is InChI=1S/C27H30N4O3/c1-27(2)12-21(32)25-22(13-27)34-26(29)18(14-28)24(25)19-15-31(20-9-5-4-8-17(19)20)16-23(33)30-10-6-3-7-11-30/h4-5,8-9,15,24H,3,6-7,10-13,16,29H2,1-2H3. The average Bonchev–Trinajstić information content (AvgIpc) is 3.16. The molecule has 1 fully saturated rings. The van der Waals surface area contributed by atoms with Crippen LogP contribution in [-0.4, -0.2) is 34.2 Å². The number of hydrogen-bond acceptors (Lipinski definition) is 5. The Morgan fingerprint density at radius 3 is 2.68 bits per heavy atom. The van der Waals surface area contributed by atoms with Gasteiger partial charge in [-0.05, 0) is 36.3 Å². The molecule has 1 saturated heterocycles. The van der Waals surface area contributed by atoms with Crippen LogP contribution in [0.3, 0.4) is 0 Å². The van der Waals surface area contributed by atoms with Gasteiger partial charge in [-0.25, -0.2) is 0 Å². The van der Waals surface area contributed by atoms with E-state index >= 15 is 0 Å². The van der Waals surface area contributed by atoms with Gasteiger partial charge in [0.05, 0.1) is 5.92 Å². The van der Waals surface area contributed by atoms with Crippen LogP contribution in [0.2, 0.25) is 0 Å². The molecule has 1 amide bonds. The number of Topliss-reactive ketones (excluding diaryl/α,β-unsaturated/α-hetero) is 1. The number of piperidine rings is 1. The van der Waals surface area contributed by atoms with E-state index in [1.807, 2.05) is 53.8 Å². The van der Waals surface area contributed by atoms with Crippen molar-refractivity contribution in [2.75, 3.05) is 13.1 Å². The van der Waals surface area contributed by atoms with Crippen molar-refractivity contribution in [2.45, 2.75) is 58.4 Å². The van der Waals surface area contributed by atoms with Gasteiger partial charge in [0, 0.05) is 48.6 Å². The summed E-state index contributed by atoms with van der Waals surface area (Å²) in [7, 11) is 0. The van der Waals surface area contributed by atoms with Gasteiger partial charge in [0.2, 0.25) is 11.8 Å². The van der Waals surface area contributed by atoms with Gasteiger partial charge >= 0.3 is 0 Å². The third kappa shape index (κ3) is 3.77. The Bertz CT molecular complexity index is 1280. The minimum absolute atomic E-state index is 0.0160. The Morgan fingerprint density at radius 2 is 1.94 bits per heavy atom. The molecule has 1 unspecified atom stereocenters. The molecular weight excluding hydrogens is 428 g/mol. The summed E-state index contributed by atoms with van der Waals surface area (Å²) in [6, 6.07) is 10.0. The summed E-state index contributed by atoms with van der Waals surface area (Å²) in [5, 5.41) is 10.9. The van der Waals surface area contributed by atoms with Crippen molar-refractivity contribution in [1.82, 2.24) is 9.47 Å². The maximum Gasteiger partial charge on any atom is 0.242 e. The zero-order chi connectivity index (χ0) is 24.0. The van der Waals surface area contributed by atoms with E-state index in [9.17, 15) is 14.9 Å². The first-order valence-electron chi connectivity index (χ1n) is 12.0. The quantitative estimate of drug-likeness (QED) is 0.746. The van der Waals surface area contributed by atoms with Crippen molar-refractivity contribution in [3.05, 3.63) is 58.8 Å². The van der Waals surface area contributed by atoms with Crippen molar-refractivity contribution >= 4 is 22.6 Å². The molecule has 0 bridgehead atoms. The Kier molecular flexibility index (Phi) is 5.47. The fraction of sp³-hybridized carbons (Fsp3) is 0.444. The monoisotopic (exact) mass is 458 g/mol. The number of para-hydroxylation sites is 1. The molecule has 0 saturated carbocycles. The van der Waals surface area contributed by atoms with Gasteiger partial charge in [-0.3, -0.25) is 9.59 Å². The lowest BCUT2D eigenvalue weighted by Gasteiger charge is -2.37. The predicted molar refractivity (Wildman–Crippen MR) is 128 cm³/mol. The lowest BCUT2D eigenvalue weighted by molar-refractivity contribution is -0.132. The molecule has 1 atom stereocenters. The molecule has 34 heavy (non-hydrogen) atoms. The van der Waals surface area contributed by atoms with Crippen LogP contribution in [0.1, 0.15) is 57.4 Å². The Labute approximate surface area is 199 Å². The number of ether oxygens (including phenoxy) is 1. The van der Waals surface area contributed by atoms with Crippen LogP contribution in [-0.2, 0) is 20.9 Å². The fourth-order valence-electron chi connectivity index (χ4n) is 5.62. The summed E-state index contributed by atoms with van der Waals surface area (Å²) >= 11 is 0. The Balaban J connectivity index is 1.62. The lowest BCUT2D eigenvalue weighted by Crippen LogP contribution is -2.37. The van der Waals surface area contributed by atoms with Crippen molar-refractivity contribution in [3.8, 4) is 6.07 Å². The van der Waals surface area contributed by atoms with Crippen LogP contribution in [0.15, 0.2) is 53.3 Å². The molecule has 2 aromatic rings. The molecule has 7 nitrogen and oxygen atoms in total. The summed E-state index contributed by atoms with van der Waals surface area (Å²) in [6.07, 6.45) is 6.13. The number of amides is 1. The fourth-order valence-corrected chi connectivity index (χ4v) is 5.62. The summed E-state index contributed by atoms with van der Waals surface area (Å²) in [4.78, 5) is 28.3. The molecule has 7 heteroatoms. The van der Waals surface area contributed by atoms with E-state index in [2.05, 4.69) is 6.07 Å². The number of rotatable bonds is 3. The highest BCUT2D eigenvalue weighted by molar-refractivity contribution is 6.01. The van der Waals surface area contributed by atoms with E-state index in [0.29, 0.717) is 24.2 Å². The smallest absolute Gasteiger partial charge is 0.242 e. The van der Waals surface area contributed by atoms with Gasteiger partial charge in [-0.1, -0.05) is 32.0 Å². The van der Waals surface area contributed by atoms with E-state index in [1.165, 1.54) is 0 Å². The summed E-state index contributed by atoms with van der Waals surface area (Å²) < 4.78 is 7.78. The van der Waals surface area contributed by atoms with Crippen molar-refractivity contribution in [1.29, 1.82) is 5.26 Å². The van der Waals surface area contributed by atoms with E-state index in [-0.39, 0.29) is 35.1 Å². The lowest BCUT2D eigenvalue weighted by atomic mass is 9.70. The highest BCUT2D eigenvalue weighted by Crippen LogP contribution is 2.49. The number of likely N-dealkylation sites (tertiary alicyclic amines) is 1. The van der Waals surface area contributed by atoms with E-state index in [1.54, 1.807) is 0 Å². The first-order valence-corrected chi connectivity index (χ1v) is 12.0. The normalized spacial score (nSPS) is 22.4. The molecule has 1 aliphatic carbocycles. The van der Waals surface area contributed by atoms with Crippen LogP contribution in [0, 0.1) is 16.7 Å². The van der Waals surface area contributed by atoms with Crippen LogP contribution in [0.4, 0.5) is 0 Å². The third-order valence-electron chi connectivity index (χ3n) is 7.22. The predicted octanol–water partition coefficient (Wildman–Crippen LogP) is 4.10. The molecule has 5 rings (SSSR count). The van der Waals surface area contributed by atoms with E-state index in [0.717, 1.165) is 48.8 Å². The molecule has 1 aromatic carbocycles. The van der Waals surface area contributed by atoms with Gasteiger partial charge < -0.3 is 19.9 Å². The number of allylic oxidation sites excluding steroid dienone is 3. The minimum atomic E-state index is -0.603. The number of nitrogens with zero attached hydrogens (tertiary/aromatic N) is 3. The number of carbonyl (C=O) groups excluding carboxylic acids is 2. The molecular formula is C27H30N4O3. The van der Waals surface area contributed by atoms with E-state index < -0.39 is 5.92 Å².